The number of nitriles is 1. The van der Waals surface area contributed by atoms with Crippen molar-refractivity contribution < 1.29 is 0 Å². The van der Waals surface area contributed by atoms with Crippen LogP contribution in [0.3, 0.4) is 0 Å². The molecule has 2 aromatic heterocycles. The average molecular weight is 342 g/mol. The van der Waals surface area contributed by atoms with E-state index in [1.54, 1.807) is 18.0 Å². The van der Waals surface area contributed by atoms with E-state index >= 15 is 0 Å². The molecule has 2 heterocycles. The summed E-state index contributed by atoms with van der Waals surface area (Å²) in [5, 5.41) is 9.03. The van der Waals surface area contributed by atoms with Gasteiger partial charge in [0, 0.05) is 28.4 Å². The first-order valence-electron chi connectivity index (χ1n) is 7.78. The van der Waals surface area contributed by atoms with Gasteiger partial charge >= 0.3 is 0 Å². The first-order chi connectivity index (χ1) is 12.3. The first kappa shape index (κ1) is 15.4. The number of thioether (sulfide) groups is 1. The molecule has 0 aliphatic heterocycles. The third-order valence-corrected chi connectivity index (χ3v) is 4.80. The Hall–Kier alpha value is -3.10. The SMILES string of the molecule is CSc1ccc(-c2nc3ncccn3c2-c2ccc(C#N)cc2)cc1. The highest BCUT2D eigenvalue weighted by Gasteiger charge is 2.16. The quantitative estimate of drug-likeness (QED) is 0.508. The minimum atomic E-state index is 0.640. The maximum atomic E-state index is 9.03. The number of hydrogen-bond donors (Lipinski definition) is 0. The zero-order chi connectivity index (χ0) is 17.2. The first-order valence-corrected chi connectivity index (χ1v) is 9.00. The van der Waals surface area contributed by atoms with Gasteiger partial charge in [-0.2, -0.15) is 5.26 Å². The minimum Gasteiger partial charge on any atom is -0.283 e. The van der Waals surface area contributed by atoms with Gasteiger partial charge in [0.15, 0.2) is 0 Å². The largest absolute Gasteiger partial charge is 0.283 e. The third kappa shape index (κ3) is 2.77. The number of hydrogen-bond acceptors (Lipinski definition) is 4. The summed E-state index contributed by atoms with van der Waals surface area (Å²) in [7, 11) is 0. The minimum absolute atomic E-state index is 0.640. The Morgan fingerprint density at radius 3 is 2.40 bits per heavy atom. The predicted octanol–water partition coefficient (Wildman–Crippen LogP) is 4.66. The van der Waals surface area contributed by atoms with Crippen molar-refractivity contribution in [3.05, 3.63) is 72.6 Å². The van der Waals surface area contributed by atoms with E-state index < -0.39 is 0 Å². The molecule has 4 nitrogen and oxygen atoms in total. The second kappa shape index (κ2) is 6.42. The molecule has 25 heavy (non-hydrogen) atoms. The number of imidazole rings is 1. The molecule has 2 aromatic carbocycles. The van der Waals surface area contributed by atoms with E-state index in [0.717, 1.165) is 22.5 Å². The molecule has 0 aliphatic rings. The lowest BCUT2D eigenvalue weighted by molar-refractivity contribution is 1.11. The van der Waals surface area contributed by atoms with Gasteiger partial charge in [0.1, 0.15) is 0 Å². The highest BCUT2D eigenvalue weighted by atomic mass is 32.2. The summed E-state index contributed by atoms with van der Waals surface area (Å²) in [5.41, 5.74) is 4.55. The molecule has 0 bridgehead atoms. The van der Waals surface area contributed by atoms with E-state index in [9.17, 15) is 0 Å². The van der Waals surface area contributed by atoms with Crippen LogP contribution in [-0.2, 0) is 0 Å². The molecule has 0 unspecified atom stereocenters. The fraction of sp³-hybridized carbons (Fsp3) is 0.0500. The van der Waals surface area contributed by atoms with Crippen molar-refractivity contribution in [2.24, 2.45) is 0 Å². The summed E-state index contributed by atoms with van der Waals surface area (Å²) in [6, 6.07) is 20.0. The van der Waals surface area contributed by atoms with Gasteiger partial charge in [-0.1, -0.05) is 24.3 Å². The number of aromatic nitrogens is 3. The fourth-order valence-corrected chi connectivity index (χ4v) is 3.22. The molecule has 4 rings (SSSR count). The Bertz CT molecular complexity index is 1070. The Morgan fingerprint density at radius 1 is 1.00 bits per heavy atom. The topological polar surface area (TPSA) is 54.0 Å². The molecule has 0 aliphatic carbocycles. The second-order valence-electron chi connectivity index (χ2n) is 5.52. The average Bonchev–Trinajstić information content (AvgIpc) is 3.07. The van der Waals surface area contributed by atoms with Crippen LogP contribution >= 0.6 is 11.8 Å². The summed E-state index contributed by atoms with van der Waals surface area (Å²) in [6.45, 7) is 0. The Balaban J connectivity index is 1.95. The van der Waals surface area contributed by atoms with Gasteiger partial charge in [0.25, 0.3) is 0 Å². The molecule has 120 valence electrons. The van der Waals surface area contributed by atoms with E-state index in [1.165, 1.54) is 4.90 Å². The highest BCUT2D eigenvalue weighted by molar-refractivity contribution is 7.98. The Kier molecular flexibility index (Phi) is 3.96. The lowest BCUT2D eigenvalue weighted by Crippen LogP contribution is -1.90. The number of benzene rings is 2. The fourth-order valence-electron chi connectivity index (χ4n) is 2.82. The van der Waals surface area contributed by atoms with Crippen molar-refractivity contribution in [2.75, 3.05) is 6.26 Å². The Morgan fingerprint density at radius 2 is 1.72 bits per heavy atom. The predicted molar refractivity (Wildman–Crippen MR) is 100 cm³/mol. The maximum absolute atomic E-state index is 9.03. The van der Waals surface area contributed by atoms with Crippen LogP contribution in [0.5, 0.6) is 0 Å². The van der Waals surface area contributed by atoms with Crippen LogP contribution in [0.15, 0.2) is 71.9 Å². The molecule has 5 heteroatoms. The third-order valence-electron chi connectivity index (χ3n) is 4.05. The van der Waals surface area contributed by atoms with E-state index in [1.807, 2.05) is 40.9 Å². The Labute approximate surface area is 149 Å². The zero-order valence-electron chi connectivity index (χ0n) is 13.5. The van der Waals surface area contributed by atoms with Gasteiger partial charge in [0.05, 0.1) is 23.0 Å². The zero-order valence-corrected chi connectivity index (χ0v) is 14.4. The molecule has 0 N–H and O–H groups in total. The van der Waals surface area contributed by atoms with Gasteiger partial charge in [-0.05, 0) is 36.6 Å². The standard InChI is InChI=1S/C20H14N4S/c1-25-17-9-7-15(8-10-17)18-19(16-5-3-14(13-21)4-6-16)24-12-2-11-22-20(24)23-18/h2-12H,1H3. The summed E-state index contributed by atoms with van der Waals surface area (Å²) in [5.74, 6) is 0.658. The molecule has 0 amide bonds. The molecular weight excluding hydrogens is 328 g/mol. The number of fused-ring (bicyclic) bond motifs is 1. The van der Waals surface area contributed by atoms with Gasteiger partial charge in [0.2, 0.25) is 5.78 Å². The highest BCUT2D eigenvalue weighted by Crippen LogP contribution is 2.33. The molecule has 0 saturated heterocycles. The van der Waals surface area contributed by atoms with E-state index in [4.69, 9.17) is 10.2 Å². The van der Waals surface area contributed by atoms with Crippen LogP contribution in [0.1, 0.15) is 5.56 Å². The molecule has 0 radical (unpaired) electrons. The molecule has 4 aromatic rings. The maximum Gasteiger partial charge on any atom is 0.234 e. The molecular formula is C20H14N4S. The molecule has 0 saturated carbocycles. The van der Waals surface area contributed by atoms with Crippen molar-refractivity contribution in [2.45, 2.75) is 4.90 Å². The van der Waals surface area contributed by atoms with Crippen molar-refractivity contribution in [1.82, 2.24) is 14.4 Å². The number of rotatable bonds is 3. The lowest BCUT2D eigenvalue weighted by Gasteiger charge is -2.06. The normalized spacial score (nSPS) is 10.7. The summed E-state index contributed by atoms with van der Waals surface area (Å²) in [6.07, 6.45) is 5.76. The van der Waals surface area contributed by atoms with Crippen LogP contribution in [0.4, 0.5) is 0 Å². The van der Waals surface area contributed by atoms with Crippen LogP contribution < -0.4 is 0 Å². The van der Waals surface area contributed by atoms with Crippen LogP contribution in [0.2, 0.25) is 0 Å². The van der Waals surface area contributed by atoms with Gasteiger partial charge < -0.3 is 0 Å². The number of nitrogens with zero attached hydrogens (tertiary/aromatic N) is 4. The molecule has 0 spiro atoms. The van der Waals surface area contributed by atoms with E-state index in [0.29, 0.717) is 11.3 Å². The monoisotopic (exact) mass is 342 g/mol. The van der Waals surface area contributed by atoms with Crippen LogP contribution in [0.25, 0.3) is 28.3 Å². The second-order valence-corrected chi connectivity index (χ2v) is 6.40. The van der Waals surface area contributed by atoms with Gasteiger partial charge in [-0.15, -0.1) is 11.8 Å². The van der Waals surface area contributed by atoms with Gasteiger partial charge in [-0.25, -0.2) is 9.97 Å². The van der Waals surface area contributed by atoms with Crippen LogP contribution in [0, 0.1) is 11.3 Å². The van der Waals surface area contributed by atoms with Crippen molar-refractivity contribution in [1.29, 1.82) is 5.26 Å². The van der Waals surface area contributed by atoms with E-state index in [-0.39, 0.29) is 0 Å². The lowest BCUT2D eigenvalue weighted by atomic mass is 10.0. The van der Waals surface area contributed by atoms with E-state index in [2.05, 4.69) is 41.6 Å². The van der Waals surface area contributed by atoms with Gasteiger partial charge in [-0.3, -0.25) is 4.40 Å². The van der Waals surface area contributed by atoms with Crippen molar-refractivity contribution >= 4 is 17.5 Å². The smallest absolute Gasteiger partial charge is 0.234 e. The van der Waals surface area contributed by atoms with Crippen molar-refractivity contribution in [3.8, 4) is 28.6 Å². The summed E-state index contributed by atoms with van der Waals surface area (Å²) in [4.78, 5) is 10.3. The summed E-state index contributed by atoms with van der Waals surface area (Å²) < 4.78 is 1.99. The molecule has 0 fully saturated rings. The summed E-state index contributed by atoms with van der Waals surface area (Å²) >= 11 is 1.71. The van der Waals surface area contributed by atoms with Crippen molar-refractivity contribution in [3.63, 3.8) is 0 Å². The molecule has 0 atom stereocenters. The van der Waals surface area contributed by atoms with Crippen LogP contribution in [-0.4, -0.2) is 20.6 Å².